The Morgan fingerprint density at radius 2 is 2.10 bits per heavy atom. The smallest absolute Gasteiger partial charge is 0.243 e. The van der Waals surface area contributed by atoms with Gasteiger partial charge in [0.15, 0.2) is 0 Å². The SMILES string of the molecule is CCc1ccccc1S(=O)(=O)N(C)C1(CO)CCOC1. The van der Waals surface area contributed by atoms with Crippen molar-refractivity contribution in [3.8, 4) is 0 Å². The molecule has 1 aliphatic rings. The van der Waals surface area contributed by atoms with Crippen molar-refractivity contribution in [3.63, 3.8) is 0 Å². The highest BCUT2D eigenvalue weighted by Crippen LogP contribution is 2.31. The summed E-state index contributed by atoms with van der Waals surface area (Å²) in [5, 5.41) is 9.64. The molecule has 0 saturated carbocycles. The lowest BCUT2D eigenvalue weighted by Crippen LogP contribution is -2.52. The largest absolute Gasteiger partial charge is 0.394 e. The third-order valence-electron chi connectivity index (χ3n) is 4.04. The van der Waals surface area contributed by atoms with E-state index in [1.807, 2.05) is 19.1 Å². The lowest BCUT2D eigenvalue weighted by Gasteiger charge is -2.35. The Labute approximate surface area is 120 Å². The van der Waals surface area contributed by atoms with Crippen molar-refractivity contribution in [2.24, 2.45) is 0 Å². The van der Waals surface area contributed by atoms with Crippen molar-refractivity contribution in [2.75, 3.05) is 26.9 Å². The number of ether oxygens (including phenoxy) is 1. The summed E-state index contributed by atoms with van der Waals surface area (Å²) in [6.45, 7) is 2.38. The van der Waals surface area contributed by atoms with Gasteiger partial charge in [-0.05, 0) is 24.5 Å². The molecule has 1 aromatic carbocycles. The second-order valence-corrected chi connectivity index (χ2v) is 7.06. The Bertz CT molecular complexity index is 564. The van der Waals surface area contributed by atoms with E-state index in [-0.39, 0.29) is 13.2 Å². The molecule has 0 aromatic heterocycles. The number of sulfonamides is 1. The molecule has 0 bridgehead atoms. The van der Waals surface area contributed by atoms with Gasteiger partial charge in [-0.2, -0.15) is 4.31 Å². The van der Waals surface area contributed by atoms with Crippen LogP contribution in [0.4, 0.5) is 0 Å². The van der Waals surface area contributed by atoms with Crippen molar-refractivity contribution in [2.45, 2.75) is 30.2 Å². The van der Waals surface area contributed by atoms with Crippen LogP contribution in [-0.2, 0) is 21.2 Å². The molecule has 1 atom stereocenters. The lowest BCUT2D eigenvalue weighted by molar-refractivity contribution is 0.0823. The van der Waals surface area contributed by atoms with Crippen molar-refractivity contribution < 1.29 is 18.3 Å². The Morgan fingerprint density at radius 3 is 2.65 bits per heavy atom. The summed E-state index contributed by atoms with van der Waals surface area (Å²) in [6, 6.07) is 6.98. The molecule has 6 heteroatoms. The first-order chi connectivity index (χ1) is 9.48. The fourth-order valence-corrected chi connectivity index (χ4v) is 4.32. The van der Waals surface area contributed by atoms with E-state index >= 15 is 0 Å². The van der Waals surface area contributed by atoms with Crippen LogP contribution >= 0.6 is 0 Å². The second-order valence-electron chi connectivity index (χ2n) is 5.12. The first kappa shape index (κ1) is 15.4. The number of aryl methyl sites for hydroxylation is 1. The fraction of sp³-hybridized carbons (Fsp3) is 0.571. The van der Waals surface area contributed by atoms with Crippen molar-refractivity contribution >= 4 is 10.0 Å². The third kappa shape index (κ3) is 2.48. The van der Waals surface area contributed by atoms with E-state index in [0.29, 0.717) is 24.3 Å². The summed E-state index contributed by atoms with van der Waals surface area (Å²) in [4.78, 5) is 0.310. The Kier molecular flexibility index (Phi) is 4.49. The van der Waals surface area contributed by atoms with Crippen LogP contribution in [-0.4, -0.2) is 50.2 Å². The number of rotatable bonds is 5. The topological polar surface area (TPSA) is 66.8 Å². The van der Waals surface area contributed by atoms with Gasteiger partial charge < -0.3 is 9.84 Å². The average molecular weight is 299 g/mol. The summed E-state index contributed by atoms with van der Waals surface area (Å²) in [7, 11) is -2.12. The van der Waals surface area contributed by atoms with Crippen molar-refractivity contribution in [3.05, 3.63) is 29.8 Å². The maximum atomic E-state index is 12.8. The van der Waals surface area contributed by atoms with Gasteiger partial charge in [0, 0.05) is 13.7 Å². The Hall–Kier alpha value is -0.950. The first-order valence-electron chi connectivity index (χ1n) is 6.73. The zero-order valence-electron chi connectivity index (χ0n) is 11.9. The number of benzene rings is 1. The monoisotopic (exact) mass is 299 g/mol. The molecule has 0 amide bonds. The quantitative estimate of drug-likeness (QED) is 0.881. The summed E-state index contributed by atoms with van der Waals surface area (Å²) < 4.78 is 32.2. The third-order valence-corrected chi connectivity index (χ3v) is 6.10. The molecule has 2 rings (SSSR count). The van der Waals surface area contributed by atoms with Gasteiger partial charge in [-0.15, -0.1) is 0 Å². The van der Waals surface area contributed by atoms with E-state index in [9.17, 15) is 13.5 Å². The summed E-state index contributed by atoms with van der Waals surface area (Å²) >= 11 is 0. The Morgan fingerprint density at radius 1 is 1.40 bits per heavy atom. The number of hydrogen-bond acceptors (Lipinski definition) is 4. The summed E-state index contributed by atoms with van der Waals surface area (Å²) in [5.74, 6) is 0. The molecule has 20 heavy (non-hydrogen) atoms. The minimum Gasteiger partial charge on any atom is -0.394 e. The molecule has 1 unspecified atom stereocenters. The summed E-state index contributed by atoms with van der Waals surface area (Å²) in [5.41, 5.74) is -0.0639. The molecule has 0 radical (unpaired) electrons. The molecule has 112 valence electrons. The van der Waals surface area contributed by atoms with Gasteiger partial charge in [0.1, 0.15) is 0 Å². The van der Waals surface area contributed by atoms with Gasteiger partial charge in [0.2, 0.25) is 10.0 Å². The molecule has 1 aliphatic heterocycles. The van der Waals surface area contributed by atoms with E-state index in [2.05, 4.69) is 0 Å². The minimum absolute atomic E-state index is 0.230. The van der Waals surface area contributed by atoms with Gasteiger partial charge in [-0.3, -0.25) is 0 Å². The molecule has 1 N–H and O–H groups in total. The molecular weight excluding hydrogens is 278 g/mol. The second kappa shape index (κ2) is 5.81. The predicted molar refractivity (Wildman–Crippen MR) is 76.0 cm³/mol. The average Bonchev–Trinajstić information content (AvgIpc) is 2.96. The lowest BCUT2D eigenvalue weighted by atomic mass is 10.0. The van der Waals surface area contributed by atoms with E-state index in [1.165, 1.54) is 11.4 Å². The zero-order valence-corrected chi connectivity index (χ0v) is 12.7. The van der Waals surface area contributed by atoms with Gasteiger partial charge in [-0.25, -0.2) is 8.42 Å². The normalized spacial score (nSPS) is 23.4. The van der Waals surface area contributed by atoms with Crippen LogP contribution in [0.25, 0.3) is 0 Å². The predicted octanol–water partition coefficient (Wildman–Crippen LogP) is 1.02. The summed E-state index contributed by atoms with van der Waals surface area (Å²) in [6.07, 6.45) is 1.15. The van der Waals surface area contributed by atoms with Crippen LogP contribution < -0.4 is 0 Å². The van der Waals surface area contributed by atoms with Crippen molar-refractivity contribution in [1.82, 2.24) is 4.31 Å². The minimum atomic E-state index is -3.64. The highest BCUT2D eigenvalue weighted by Gasteiger charge is 2.44. The molecule has 1 fully saturated rings. The van der Waals surface area contributed by atoms with E-state index < -0.39 is 15.6 Å². The maximum Gasteiger partial charge on any atom is 0.243 e. The zero-order chi connectivity index (χ0) is 14.8. The Balaban J connectivity index is 2.44. The highest BCUT2D eigenvalue weighted by molar-refractivity contribution is 7.89. The van der Waals surface area contributed by atoms with Crippen LogP contribution in [0.1, 0.15) is 18.9 Å². The van der Waals surface area contributed by atoms with E-state index in [4.69, 9.17) is 4.74 Å². The fourth-order valence-electron chi connectivity index (χ4n) is 2.52. The maximum absolute atomic E-state index is 12.8. The standard InChI is InChI=1S/C14H21NO4S/c1-3-12-6-4-5-7-13(12)20(17,18)15(2)14(10-16)8-9-19-11-14/h4-7,16H,3,8-11H2,1-2H3. The molecule has 0 spiro atoms. The van der Waals surface area contributed by atoms with Gasteiger partial charge in [0.05, 0.1) is 23.6 Å². The van der Waals surface area contributed by atoms with Gasteiger partial charge in [0.25, 0.3) is 0 Å². The van der Waals surface area contributed by atoms with Crippen LogP contribution in [0.2, 0.25) is 0 Å². The van der Waals surface area contributed by atoms with E-state index in [1.54, 1.807) is 12.1 Å². The molecule has 1 saturated heterocycles. The van der Waals surface area contributed by atoms with Crippen LogP contribution in [0, 0.1) is 0 Å². The van der Waals surface area contributed by atoms with Crippen LogP contribution in [0.5, 0.6) is 0 Å². The molecular formula is C14H21NO4S. The highest BCUT2D eigenvalue weighted by atomic mass is 32.2. The van der Waals surface area contributed by atoms with Crippen molar-refractivity contribution in [1.29, 1.82) is 0 Å². The number of aliphatic hydroxyl groups excluding tert-OH is 1. The number of likely N-dealkylation sites (N-methyl/N-ethyl adjacent to an activating group) is 1. The first-order valence-corrected chi connectivity index (χ1v) is 8.17. The molecule has 5 nitrogen and oxygen atoms in total. The number of aliphatic hydroxyl groups is 1. The van der Waals surface area contributed by atoms with Crippen LogP contribution in [0.3, 0.4) is 0 Å². The number of hydrogen-bond donors (Lipinski definition) is 1. The number of nitrogens with zero attached hydrogens (tertiary/aromatic N) is 1. The van der Waals surface area contributed by atoms with E-state index in [0.717, 1.165) is 5.56 Å². The molecule has 1 heterocycles. The van der Waals surface area contributed by atoms with Gasteiger partial charge >= 0.3 is 0 Å². The molecule has 0 aliphatic carbocycles. The van der Waals surface area contributed by atoms with Crippen LogP contribution in [0.15, 0.2) is 29.2 Å². The molecule has 1 aromatic rings. The van der Waals surface area contributed by atoms with Gasteiger partial charge in [-0.1, -0.05) is 25.1 Å².